The molecule has 0 rings (SSSR count). The molecule has 0 saturated heterocycles. The Bertz CT molecular complexity index is 982. The zero-order chi connectivity index (χ0) is 35.2. The summed E-state index contributed by atoms with van der Waals surface area (Å²) in [4.78, 5) is 0. The van der Waals surface area contributed by atoms with Crippen LogP contribution >= 0.6 is 0 Å². The molecule has 0 saturated carbocycles. The highest BCUT2D eigenvalue weighted by Gasteiger charge is 2.99. The normalized spacial score (nSPS) is 17.1. The fourth-order valence-corrected chi connectivity index (χ4v) is 3.11. The van der Waals surface area contributed by atoms with Crippen LogP contribution < -0.4 is 0 Å². The summed E-state index contributed by atoms with van der Waals surface area (Å²) in [7, 11) is -10.5. The molecule has 0 spiro atoms. The van der Waals surface area contributed by atoms with Crippen LogP contribution in [0, 0.1) is 0 Å². The Hall–Kier alpha value is -1.78. The van der Waals surface area contributed by atoms with Crippen molar-refractivity contribution >= 4 is 8.99 Å². The topological polar surface area (TPSA) is 9.23 Å². The first-order chi connectivity index (χ1) is 17.5. The van der Waals surface area contributed by atoms with E-state index in [1.54, 1.807) is 0 Å². The van der Waals surface area contributed by atoms with Gasteiger partial charge in [-0.3, -0.25) is 4.43 Å². The lowest BCUT2D eigenvalue weighted by molar-refractivity contribution is -0.473. The van der Waals surface area contributed by atoms with Crippen LogP contribution in [0.15, 0.2) is 0 Å². The Labute approximate surface area is 208 Å². The molecule has 0 unspecified atom stereocenters. The number of halogens is 28. The second-order valence-electron chi connectivity index (χ2n) is 7.30. The van der Waals surface area contributed by atoms with E-state index in [9.17, 15) is 122 Å². The lowest BCUT2D eigenvalue weighted by atomic mass is 9.87. The van der Waals surface area contributed by atoms with Crippen molar-refractivity contribution in [2.24, 2.45) is 0 Å². The molecule has 1 nitrogen and oxygen atoms in total. The maximum absolute atomic E-state index is 13.5. The lowest BCUT2D eigenvalue weighted by Crippen LogP contribution is -2.78. The summed E-state index contributed by atoms with van der Waals surface area (Å²) in [5, 5.41) is 0. The van der Waals surface area contributed by atoms with E-state index in [0.717, 1.165) is 4.43 Å². The summed E-state index contributed by atoms with van der Waals surface area (Å²) in [6, 6.07) is 0. The van der Waals surface area contributed by atoms with Gasteiger partial charge in [0.25, 0.3) is 0 Å². The average molecular weight is 720 g/mol. The minimum Gasteiger partial charge on any atom is -0.296 e. The summed E-state index contributed by atoms with van der Waals surface area (Å²) in [6.07, 6.45) is -23.7. The Balaban J connectivity index is 7.25. The highest BCUT2D eigenvalue weighted by Crippen LogP contribution is 2.67. The monoisotopic (exact) mass is 720 g/mol. The van der Waals surface area contributed by atoms with Crippen molar-refractivity contribution < 1.29 is 127 Å². The van der Waals surface area contributed by atoms with E-state index in [2.05, 4.69) is 0 Å². The van der Waals surface area contributed by atoms with Gasteiger partial charge in [-0.1, -0.05) is 0 Å². The van der Waals surface area contributed by atoms with E-state index in [4.69, 9.17) is 0 Å². The van der Waals surface area contributed by atoms with Gasteiger partial charge in [-0.15, -0.1) is 0 Å². The molecule has 0 aliphatic carbocycles. The van der Waals surface area contributed by atoms with E-state index < -0.39 is 80.4 Å². The molecule has 0 aliphatic heterocycles. The molecule has 0 aromatic heterocycles. The summed E-state index contributed by atoms with van der Waals surface area (Å²) >= 11 is 0. The zero-order valence-corrected chi connectivity index (χ0v) is 18.5. The van der Waals surface area contributed by atoms with Gasteiger partial charge in [-0.05, 0) is 0 Å². The molecule has 30 heteroatoms. The molecule has 0 N–H and O–H groups in total. The summed E-state index contributed by atoms with van der Waals surface area (Å²) < 4.78 is 362. The minimum atomic E-state index is -10.5. The van der Waals surface area contributed by atoms with Crippen LogP contribution in [0.2, 0.25) is 0 Å². The van der Waals surface area contributed by atoms with E-state index in [0.29, 0.717) is 0 Å². The molecular weight excluding hydrogens is 720 g/mol. The third kappa shape index (κ3) is 4.97. The SMILES string of the molecule is FC(F)(F)C(F)(F)O[Si](F)(F)C(F)(F)C(F)(F)C(F)(F)C(F)(F)C(F)(F)C(F)(F)C(F)(F)C(F)(F)C(F)(F)C(F)(F)F. The molecule has 0 radical (unpaired) electrons. The predicted molar refractivity (Wildman–Crippen MR) is 70.6 cm³/mol. The summed E-state index contributed by atoms with van der Waals surface area (Å²) in [5.74, 6) is -75.6. The van der Waals surface area contributed by atoms with Crippen LogP contribution in [0.3, 0.4) is 0 Å². The van der Waals surface area contributed by atoms with Crippen LogP contribution in [-0.4, -0.2) is 80.4 Å². The smallest absolute Gasteiger partial charge is 0.296 e. The van der Waals surface area contributed by atoms with Crippen LogP contribution in [-0.2, 0) is 4.43 Å². The molecule has 42 heavy (non-hydrogen) atoms. The van der Waals surface area contributed by atoms with E-state index in [-0.39, 0.29) is 0 Å². The van der Waals surface area contributed by atoms with Crippen LogP contribution in [0.1, 0.15) is 0 Å². The zero-order valence-electron chi connectivity index (χ0n) is 17.5. The fourth-order valence-electron chi connectivity index (χ4n) is 2.02. The maximum Gasteiger partial charge on any atom is 0.663 e. The molecule has 0 aromatic rings. The maximum atomic E-state index is 13.5. The van der Waals surface area contributed by atoms with Crippen molar-refractivity contribution in [1.82, 2.24) is 0 Å². The van der Waals surface area contributed by atoms with Gasteiger partial charge in [0, 0.05) is 0 Å². The van der Waals surface area contributed by atoms with Gasteiger partial charge in [0.1, 0.15) is 0 Å². The van der Waals surface area contributed by atoms with Crippen LogP contribution in [0.25, 0.3) is 0 Å². The molecule has 0 heterocycles. The first-order valence-corrected chi connectivity index (χ1v) is 10.1. The van der Waals surface area contributed by atoms with Crippen molar-refractivity contribution in [2.75, 3.05) is 0 Å². The Morgan fingerprint density at radius 3 is 0.714 bits per heavy atom. The third-order valence-electron chi connectivity index (χ3n) is 4.46. The summed E-state index contributed by atoms with van der Waals surface area (Å²) in [6.45, 7) is 0. The Kier molecular flexibility index (Phi) is 9.20. The highest BCUT2D eigenvalue weighted by atomic mass is 28.4. The van der Waals surface area contributed by atoms with Crippen molar-refractivity contribution in [2.45, 2.75) is 71.4 Å². The molecular formula is C12F28OSi. The van der Waals surface area contributed by atoms with Crippen molar-refractivity contribution in [1.29, 1.82) is 0 Å². The van der Waals surface area contributed by atoms with E-state index >= 15 is 0 Å². The second kappa shape index (κ2) is 9.61. The predicted octanol–water partition coefficient (Wildman–Crippen LogP) is 8.86. The van der Waals surface area contributed by atoms with Gasteiger partial charge in [0.15, 0.2) is 0 Å². The molecule has 0 aromatic carbocycles. The second-order valence-corrected chi connectivity index (χ2v) is 9.17. The average Bonchev–Trinajstić information content (AvgIpc) is 2.69. The third-order valence-corrected chi connectivity index (χ3v) is 6.02. The standard InChI is InChI=1S/C12F28OSi/c13-1(14,3(17,18)5(21,22)7(25,26)9(29,30)31)2(15,16)4(19,20)6(23,24)8(27,28)12(37,38)42(39,40)41-11(35,36)10(32,33)34. The number of alkyl halides is 26. The Morgan fingerprint density at radius 1 is 0.286 bits per heavy atom. The quantitative estimate of drug-likeness (QED) is 0.118. The van der Waals surface area contributed by atoms with Gasteiger partial charge in [-0.2, -0.15) is 114 Å². The number of hydrogen-bond donors (Lipinski definition) is 0. The lowest BCUT2D eigenvalue weighted by Gasteiger charge is -2.44. The molecule has 0 fully saturated rings. The minimum absolute atomic E-state index is 0.964. The summed E-state index contributed by atoms with van der Waals surface area (Å²) in [5.41, 5.74) is -9.05. The van der Waals surface area contributed by atoms with Crippen molar-refractivity contribution in [3.8, 4) is 0 Å². The largest absolute Gasteiger partial charge is 0.663 e. The van der Waals surface area contributed by atoms with E-state index in [1.165, 1.54) is 0 Å². The van der Waals surface area contributed by atoms with Crippen LogP contribution in [0.4, 0.5) is 122 Å². The van der Waals surface area contributed by atoms with Crippen molar-refractivity contribution in [3.05, 3.63) is 0 Å². The number of hydrogen-bond acceptors (Lipinski definition) is 1. The van der Waals surface area contributed by atoms with Gasteiger partial charge in [-0.25, -0.2) is 8.22 Å². The molecule has 0 amide bonds. The highest BCUT2D eigenvalue weighted by molar-refractivity contribution is 6.62. The first kappa shape index (κ1) is 40.2. The molecule has 0 bridgehead atoms. The molecule has 0 aliphatic rings. The van der Waals surface area contributed by atoms with Gasteiger partial charge in [0.05, 0.1) is 0 Å². The van der Waals surface area contributed by atoms with E-state index in [1.807, 2.05) is 0 Å². The number of rotatable bonds is 11. The van der Waals surface area contributed by atoms with Crippen LogP contribution in [0.5, 0.6) is 0 Å². The van der Waals surface area contributed by atoms with Gasteiger partial charge >= 0.3 is 80.4 Å². The molecule has 254 valence electrons. The Morgan fingerprint density at radius 2 is 0.500 bits per heavy atom. The van der Waals surface area contributed by atoms with Gasteiger partial charge < -0.3 is 0 Å². The molecule has 0 atom stereocenters. The van der Waals surface area contributed by atoms with Crippen molar-refractivity contribution in [3.63, 3.8) is 0 Å². The fraction of sp³-hybridized carbons (Fsp3) is 1.00. The first-order valence-electron chi connectivity index (χ1n) is 8.45. The van der Waals surface area contributed by atoms with Gasteiger partial charge in [0.2, 0.25) is 0 Å².